The van der Waals surface area contributed by atoms with Crippen molar-refractivity contribution in [3.63, 3.8) is 0 Å². The molecular weight excluding hydrogens is 238 g/mol. The molecule has 0 spiro atoms. The lowest BCUT2D eigenvalue weighted by molar-refractivity contribution is -0.164. The Hall–Kier alpha value is -0.523. The number of thiocarbonyl (C=S) groups is 1. The third-order valence-electron chi connectivity index (χ3n) is 1.89. The molecule has 0 aliphatic heterocycles. The lowest BCUT2D eigenvalue weighted by atomic mass is 10.3. The highest BCUT2D eigenvalue weighted by molar-refractivity contribution is 7.80. The molecule has 3 nitrogen and oxygen atoms in total. The lowest BCUT2D eigenvalue weighted by Crippen LogP contribution is -2.46. The van der Waals surface area contributed by atoms with E-state index in [9.17, 15) is 4.79 Å². The quantitative estimate of drug-likeness (QED) is 0.317. The molecule has 0 bridgehead atoms. The van der Waals surface area contributed by atoms with E-state index < -0.39 is 8.24 Å². The minimum absolute atomic E-state index is 0.319. The highest BCUT2D eigenvalue weighted by atomic mass is 32.1. The Kier molecular flexibility index (Phi) is 6.70. The molecule has 0 aromatic carbocycles. The Labute approximate surface area is 105 Å². The molecule has 0 radical (unpaired) electrons. The number of rotatable bonds is 6. The molecule has 0 unspecified atom stereocenters. The van der Waals surface area contributed by atoms with Crippen LogP contribution in [0.5, 0.6) is 0 Å². The summed E-state index contributed by atoms with van der Waals surface area (Å²) >= 11 is 4.91. The molecule has 0 rings (SSSR count). The fourth-order valence-electron chi connectivity index (χ4n) is 1.14. The van der Waals surface area contributed by atoms with Gasteiger partial charge in [-0.25, -0.2) is 4.79 Å². The third kappa shape index (κ3) is 6.87. The van der Waals surface area contributed by atoms with Crippen LogP contribution in [-0.2, 0) is 9.63 Å². The summed E-state index contributed by atoms with van der Waals surface area (Å²) in [7, 11) is -1.58. The third-order valence-corrected chi connectivity index (χ3v) is 3.97. The van der Waals surface area contributed by atoms with Gasteiger partial charge in [-0.15, -0.1) is 0 Å². The van der Waals surface area contributed by atoms with Crippen molar-refractivity contribution in [3.8, 4) is 0 Å². The van der Waals surface area contributed by atoms with Crippen LogP contribution in [0.2, 0.25) is 19.6 Å². The number of hydrogen-bond donors (Lipinski definition) is 0. The van der Waals surface area contributed by atoms with E-state index in [2.05, 4.69) is 19.6 Å². The van der Waals surface area contributed by atoms with Crippen LogP contribution >= 0.6 is 12.2 Å². The van der Waals surface area contributed by atoms with Crippen molar-refractivity contribution in [3.05, 3.63) is 12.2 Å². The van der Waals surface area contributed by atoms with Crippen LogP contribution in [0, 0.1) is 0 Å². The van der Waals surface area contributed by atoms with Crippen molar-refractivity contribution in [1.82, 2.24) is 4.73 Å². The Balaban J connectivity index is 4.22. The summed E-state index contributed by atoms with van der Waals surface area (Å²) in [6, 6.07) is 0. The summed E-state index contributed by atoms with van der Waals surface area (Å²) in [6.07, 6.45) is 3.82. The van der Waals surface area contributed by atoms with Gasteiger partial charge in [-0.1, -0.05) is 37.9 Å². The van der Waals surface area contributed by atoms with E-state index in [1.807, 2.05) is 13.8 Å². The highest BCUT2D eigenvalue weighted by Crippen LogP contribution is 2.09. The number of carbonyl (C=O) groups excluding carboxylic acids is 1. The van der Waals surface area contributed by atoms with Gasteiger partial charge in [0.1, 0.15) is 0 Å². The van der Waals surface area contributed by atoms with Crippen LogP contribution in [0.4, 0.5) is 0 Å². The zero-order valence-corrected chi connectivity index (χ0v) is 12.6. The van der Waals surface area contributed by atoms with Crippen LogP contribution in [0.1, 0.15) is 20.3 Å². The molecule has 92 valence electrons. The normalized spacial score (nSPS) is 12.1. The number of hydrogen-bond acceptors (Lipinski definition) is 4. The van der Waals surface area contributed by atoms with Gasteiger partial charge in [-0.05, 0) is 25.1 Å². The summed E-state index contributed by atoms with van der Waals surface area (Å²) in [5, 5.41) is 0. The van der Waals surface area contributed by atoms with Gasteiger partial charge < -0.3 is 4.84 Å². The molecule has 0 aromatic rings. The largest absolute Gasteiger partial charge is 0.372 e. The van der Waals surface area contributed by atoms with Crippen LogP contribution in [0.25, 0.3) is 0 Å². The molecule has 0 atom stereocenters. The first-order valence-corrected chi connectivity index (χ1v) is 9.28. The van der Waals surface area contributed by atoms with Gasteiger partial charge in [0.2, 0.25) is 0 Å². The first kappa shape index (κ1) is 15.5. The maximum atomic E-state index is 11.5. The number of hydroxylamine groups is 1. The van der Waals surface area contributed by atoms with Crippen LogP contribution in [0.3, 0.4) is 0 Å². The molecule has 0 heterocycles. The Morgan fingerprint density at radius 3 is 2.38 bits per heavy atom. The summed E-state index contributed by atoms with van der Waals surface area (Å²) in [5.41, 5.74) is 0. The maximum absolute atomic E-state index is 11.5. The number of carbonyl (C=O) groups is 1. The average Bonchev–Trinajstić information content (AvgIpc) is 2.11. The standard InChI is InChI=1S/C11H21NO2SSi/c1-6-12(16(3,4)5)14-11(13)9-7-8-10(2)15/h7,9H,6,8H2,1-5H3. The second-order valence-electron chi connectivity index (χ2n) is 4.58. The van der Waals surface area contributed by atoms with Gasteiger partial charge >= 0.3 is 5.97 Å². The molecule has 0 amide bonds. The van der Waals surface area contributed by atoms with Gasteiger partial charge in [0, 0.05) is 12.6 Å². The van der Waals surface area contributed by atoms with Crippen molar-refractivity contribution in [2.75, 3.05) is 6.54 Å². The summed E-state index contributed by atoms with van der Waals surface area (Å²) in [6.45, 7) is 11.0. The fourth-order valence-corrected chi connectivity index (χ4v) is 2.54. The predicted molar refractivity (Wildman–Crippen MR) is 73.8 cm³/mol. The molecule has 0 aromatic heterocycles. The topological polar surface area (TPSA) is 29.5 Å². The smallest absolute Gasteiger partial charge is 0.348 e. The monoisotopic (exact) mass is 259 g/mol. The summed E-state index contributed by atoms with van der Waals surface area (Å²) in [4.78, 5) is 17.6. The highest BCUT2D eigenvalue weighted by Gasteiger charge is 2.25. The van der Waals surface area contributed by atoms with Gasteiger partial charge in [0.25, 0.3) is 0 Å². The predicted octanol–water partition coefficient (Wildman–Crippen LogP) is 2.94. The molecule has 0 saturated carbocycles. The maximum Gasteiger partial charge on any atom is 0.348 e. The van der Waals surface area contributed by atoms with Crippen molar-refractivity contribution < 1.29 is 9.63 Å². The molecule has 0 saturated heterocycles. The summed E-state index contributed by atoms with van der Waals surface area (Å²) < 4.78 is 1.80. The lowest BCUT2D eigenvalue weighted by Gasteiger charge is -2.30. The van der Waals surface area contributed by atoms with Crippen molar-refractivity contribution in [1.29, 1.82) is 0 Å². The molecule has 0 aliphatic carbocycles. The number of allylic oxidation sites excluding steroid dienone is 1. The van der Waals surface area contributed by atoms with E-state index in [-0.39, 0.29) is 5.97 Å². The van der Waals surface area contributed by atoms with E-state index in [1.165, 1.54) is 6.08 Å². The van der Waals surface area contributed by atoms with Gasteiger partial charge in [-0.2, -0.15) is 4.73 Å². The van der Waals surface area contributed by atoms with E-state index in [0.717, 1.165) is 11.4 Å². The van der Waals surface area contributed by atoms with E-state index in [0.29, 0.717) is 6.42 Å². The van der Waals surface area contributed by atoms with Crippen molar-refractivity contribution >= 4 is 31.3 Å². The molecule has 0 aliphatic rings. The van der Waals surface area contributed by atoms with Crippen molar-refractivity contribution in [2.45, 2.75) is 39.9 Å². The van der Waals surface area contributed by atoms with Crippen LogP contribution in [-0.4, -0.2) is 30.3 Å². The van der Waals surface area contributed by atoms with Crippen LogP contribution in [0.15, 0.2) is 12.2 Å². The van der Waals surface area contributed by atoms with Crippen LogP contribution < -0.4 is 0 Å². The second-order valence-corrected chi connectivity index (χ2v) is 10.1. The molecule has 0 fully saturated rings. The minimum atomic E-state index is -1.58. The summed E-state index contributed by atoms with van der Waals surface area (Å²) in [5.74, 6) is -0.319. The zero-order chi connectivity index (χ0) is 12.8. The van der Waals surface area contributed by atoms with Gasteiger partial charge in [0.15, 0.2) is 8.24 Å². The molecule has 0 N–H and O–H groups in total. The van der Waals surface area contributed by atoms with Crippen molar-refractivity contribution in [2.24, 2.45) is 0 Å². The second kappa shape index (κ2) is 6.93. The van der Waals surface area contributed by atoms with Gasteiger partial charge in [0.05, 0.1) is 0 Å². The average molecular weight is 259 g/mol. The zero-order valence-electron chi connectivity index (χ0n) is 10.7. The van der Waals surface area contributed by atoms with Gasteiger partial charge in [-0.3, -0.25) is 0 Å². The Morgan fingerprint density at radius 2 is 2.00 bits per heavy atom. The Morgan fingerprint density at radius 1 is 1.44 bits per heavy atom. The fraction of sp³-hybridized carbons (Fsp3) is 0.636. The minimum Gasteiger partial charge on any atom is -0.372 e. The first-order valence-electron chi connectivity index (χ1n) is 5.43. The SMILES string of the molecule is CCN(OC(=O)C=CCC(C)=S)[Si](C)(C)C. The van der Waals surface area contributed by atoms with E-state index in [4.69, 9.17) is 17.1 Å². The van der Waals surface area contributed by atoms with E-state index in [1.54, 1.807) is 10.8 Å². The first-order chi connectivity index (χ1) is 7.27. The molecular formula is C11H21NO2SSi. The van der Waals surface area contributed by atoms with E-state index >= 15 is 0 Å². The number of nitrogens with zero attached hydrogens (tertiary/aromatic N) is 1. The Bertz CT molecular complexity index is 284. The molecule has 16 heavy (non-hydrogen) atoms. The molecule has 5 heteroatoms.